The molecule has 2 rings (SSSR count). The molecule has 1 aliphatic heterocycles. The zero-order valence-electron chi connectivity index (χ0n) is 14.1. The summed E-state index contributed by atoms with van der Waals surface area (Å²) in [5, 5.41) is 13.6. The Hall–Kier alpha value is -0.160. The van der Waals surface area contributed by atoms with Crippen molar-refractivity contribution in [2.45, 2.75) is 70.6 Å². The number of aliphatic hydroxyl groups excluding tert-OH is 1. The number of nitrogens with zero attached hydrogens (tertiary/aromatic N) is 1. The minimum absolute atomic E-state index is 0.0167. The van der Waals surface area contributed by atoms with Crippen LogP contribution in [-0.4, -0.2) is 60.5 Å². The van der Waals surface area contributed by atoms with Crippen molar-refractivity contribution in [3.05, 3.63) is 0 Å². The molecule has 4 atom stereocenters. The van der Waals surface area contributed by atoms with Crippen molar-refractivity contribution in [1.29, 1.82) is 0 Å². The molecule has 1 saturated carbocycles. The summed E-state index contributed by atoms with van der Waals surface area (Å²) in [6, 6.07) is 0.523. The number of hydrogen-bond donors (Lipinski definition) is 2. The van der Waals surface area contributed by atoms with Gasteiger partial charge in [0.25, 0.3) is 0 Å². The maximum Gasteiger partial charge on any atom is 0.0674 e. The van der Waals surface area contributed by atoms with Crippen molar-refractivity contribution in [3.63, 3.8) is 0 Å². The van der Waals surface area contributed by atoms with E-state index in [1.807, 2.05) is 0 Å². The molecule has 1 heterocycles. The summed E-state index contributed by atoms with van der Waals surface area (Å²) in [5.41, 5.74) is -0.0167. The zero-order valence-corrected chi connectivity index (χ0v) is 14.1. The van der Waals surface area contributed by atoms with Gasteiger partial charge < -0.3 is 15.2 Å². The first-order valence-electron chi connectivity index (χ1n) is 8.83. The number of aliphatic hydroxyl groups is 1. The van der Waals surface area contributed by atoms with Gasteiger partial charge in [0.05, 0.1) is 19.3 Å². The van der Waals surface area contributed by atoms with Crippen LogP contribution in [0.2, 0.25) is 0 Å². The van der Waals surface area contributed by atoms with Crippen molar-refractivity contribution in [2.75, 3.05) is 32.8 Å². The van der Waals surface area contributed by atoms with Crippen LogP contribution >= 0.6 is 0 Å². The molecule has 21 heavy (non-hydrogen) atoms. The number of ether oxygens (including phenoxy) is 1. The van der Waals surface area contributed by atoms with E-state index in [0.717, 1.165) is 39.1 Å². The SMILES string of the molecule is CCCNC1(CO)CCCC1CCN1CC(C)OCC1C. The van der Waals surface area contributed by atoms with Crippen LogP contribution < -0.4 is 5.32 Å². The first kappa shape index (κ1) is 17.2. The van der Waals surface area contributed by atoms with Crippen molar-refractivity contribution in [1.82, 2.24) is 10.2 Å². The van der Waals surface area contributed by atoms with Crippen molar-refractivity contribution in [2.24, 2.45) is 5.92 Å². The molecule has 1 aliphatic carbocycles. The lowest BCUT2D eigenvalue weighted by atomic mass is 9.84. The molecule has 0 radical (unpaired) electrons. The van der Waals surface area contributed by atoms with Gasteiger partial charge >= 0.3 is 0 Å². The molecule has 0 spiro atoms. The molecular formula is C17H34N2O2. The third-order valence-electron chi connectivity index (χ3n) is 5.47. The summed E-state index contributed by atoms with van der Waals surface area (Å²) >= 11 is 0. The highest BCUT2D eigenvalue weighted by atomic mass is 16.5. The Bertz CT molecular complexity index is 313. The molecule has 4 heteroatoms. The Kier molecular flexibility index (Phi) is 6.48. The number of rotatable bonds is 7. The van der Waals surface area contributed by atoms with Crippen LogP contribution in [0.4, 0.5) is 0 Å². The highest BCUT2D eigenvalue weighted by molar-refractivity contribution is 4.99. The maximum atomic E-state index is 9.95. The second-order valence-corrected chi connectivity index (χ2v) is 7.11. The molecule has 124 valence electrons. The van der Waals surface area contributed by atoms with Crippen molar-refractivity contribution in [3.8, 4) is 0 Å². The third-order valence-corrected chi connectivity index (χ3v) is 5.47. The lowest BCUT2D eigenvalue weighted by Gasteiger charge is -2.40. The minimum atomic E-state index is -0.0167. The average molecular weight is 298 g/mol. The molecule has 2 N–H and O–H groups in total. The first-order valence-corrected chi connectivity index (χ1v) is 8.83. The largest absolute Gasteiger partial charge is 0.394 e. The molecule has 0 bridgehead atoms. The van der Waals surface area contributed by atoms with Gasteiger partial charge in [0, 0.05) is 18.1 Å². The molecule has 0 aromatic heterocycles. The predicted molar refractivity (Wildman–Crippen MR) is 86.5 cm³/mol. The van der Waals surface area contributed by atoms with Gasteiger partial charge in [-0.15, -0.1) is 0 Å². The number of morpholine rings is 1. The smallest absolute Gasteiger partial charge is 0.0674 e. The first-order chi connectivity index (χ1) is 10.1. The topological polar surface area (TPSA) is 44.7 Å². The molecule has 4 unspecified atom stereocenters. The fourth-order valence-electron chi connectivity index (χ4n) is 4.04. The van der Waals surface area contributed by atoms with Gasteiger partial charge in [0.15, 0.2) is 0 Å². The molecule has 4 nitrogen and oxygen atoms in total. The summed E-state index contributed by atoms with van der Waals surface area (Å²) < 4.78 is 5.71. The van der Waals surface area contributed by atoms with Crippen LogP contribution in [0.5, 0.6) is 0 Å². The standard InChI is InChI=1S/C17H34N2O2/c1-4-9-18-17(13-20)8-5-6-16(17)7-10-19-11-15(3)21-12-14(19)2/h14-16,18,20H,4-13H2,1-3H3. The van der Waals surface area contributed by atoms with E-state index in [4.69, 9.17) is 4.74 Å². The van der Waals surface area contributed by atoms with Crippen molar-refractivity contribution >= 4 is 0 Å². The predicted octanol–water partition coefficient (Wildman–Crippen LogP) is 2.02. The van der Waals surface area contributed by atoms with Crippen LogP contribution in [0.25, 0.3) is 0 Å². The second kappa shape index (κ2) is 7.91. The molecule has 0 amide bonds. The zero-order chi connectivity index (χ0) is 15.3. The van der Waals surface area contributed by atoms with Crippen LogP contribution in [0.3, 0.4) is 0 Å². The molecule has 1 saturated heterocycles. The quantitative estimate of drug-likeness (QED) is 0.755. The average Bonchev–Trinajstić information content (AvgIpc) is 2.89. The molecule has 0 aromatic carbocycles. The molecule has 2 fully saturated rings. The van der Waals surface area contributed by atoms with Gasteiger partial charge in [0.1, 0.15) is 0 Å². The summed E-state index contributed by atoms with van der Waals surface area (Å²) in [6.07, 6.45) is 6.30. The molecule has 0 aromatic rings. The Morgan fingerprint density at radius 2 is 2.19 bits per heavy atom. The second-order valence-electron chi connectivity index (χ2n) is 7.11. The van der Waals surface area contributed by atoms with Crippen LogP contribution in [0, 0.1) is 5.92 Å². The molecule has 2 aliphatic rings. The van der Waals surface area contributed by atoms with E-state index in [1.165, 1.54) is 19.3 Å². The maximum absolute atomic E-state index is 9.95. The van der Waals surface area contributed by atoms with Crippen LogP contribution in [0.15, 0.2) is 0 Å². The van der Waals surface area contributed by atoms with Gasteiger partial charge in [0.2, 0.25) is 0 Å². The Morgan fingerprint density at radius 1 is 1.38 bits per heavy atom. The summed E-state index contributed by atoms with van der Waals surface area (Å²) in [4.78, 5) is 2.56. The van der Waals surface area contributed by atoms with E-state index in [9.17, 15) is 5.11 Å². The van der Waals surface area contributed by atoms with Crippen LogP contribution in [-0.2, 0) is 4.74 Å². The monoisotopic (exact) mass is 298 g/mol. The van der Waals surface area contributed by atoms with E-state index >= 15 is 0 Å². The van der Waals surface area contributed by atoms with E-state index in [2.05, 4.69) is 31.0 Å². The third kappa shape index (κ3) is 4.19. The lowest BCUT2D eigenvalue weighted by molar-refractivity contribution is -0.0520. The van der Waals surface area contributed by atoms with E-state index in [-0.39, 0.29) is 12.1 Å². The summed E-state index contributed by atoms with van der Waals surface area (Å²) in [7, 11) is 0. The Labute approximate surface area is 130 Å². The Morgan fingerprint density at radius 3 is 2.90 bits per heavy atom. The number of nitrogens with one attached hydrogen (secondary N) is 1. The van der Waals surface area contributed by atoms with Crippen LogP contribution in [0.1, 0.15) is 52.9 Å². The molecular weight excluding hydrogens is 264 g/mol. The van der Waals surface area contributed by atoms with Gasteiger partial charge in [-0.05, 0) is 58.5 Å². The number of hydrogen-bond acceptors (Lipinski definition) is 4. The van der Waals surface area contributed by atoms with Gasteiger partial charge in [-0.3, -0.25) is 4.90 Å². The normalized spacial score (nSPS) is 38.0. The van der Waals surface area contributed by atoms with Gasteiger partial charge in [-0.1, -0.05) is 13.3 Å². The van der Waals surface area contributed by atoms with Crippen molar-refractivity contribution < 1.29 is 9.84 Å². The van der Waals surface area contributed by atoms with E-state index in [0.29, 0.717) is 18.1 Å². The fourth-order valence-corrected chi connectivity index (χ4v) is 4.04. The van der Waals surface area contributed by atoms with Gasteiger partial charge in [-0.25, -0.2) is 0 Å². The summed E-state index contributed by atoms with van der Waals surface area (Å²) in [6.45, 7) is 10.9. The van der Waals surface area contributed by atoms with Gasteiger partial charge in [-0.2, -0.15) is 0 Å². The van der Waals surface area contributed by atoms with E-state index < -0.39 is 0 Å². The Balaban J connectivity index is 1.88. The summed E-state index contributed by atoms with van der Waals surface area (Å²) in [5.74, 6) is 0.611. The minimum Gasteiger partial charge on any atom is -0.394 e. The lowest BCUT2D eigenvalue weighted by Crippen LogP contribution is -2.53. The van der Waals surface area contributed by atoms with E-state index in [1.54, 1.807) is 0 Å². The highest BCUT2D eigenvalue weighted by Gasteiger charge is 2.41. The highest BCUT2D eigenvalue weighted by Crippen LogP contribution is 2.38. The fraction of sp³-hybridized carbons (Fsp3) is 1.00.